The SMILES string of the molecule is O=S1(=O)CCCN(c2ccccc2F)CCN1. The summed E-state index contributed by atoms with van der Waals surface area (Å²) in [6.45, 7) is 1.36. The summed E-state index contributed by atoms with van der Waals surface area (Å²) >= 11 is 0. The monoisotopic (exact) mass is 258 g/mol. The van der Waals surface area contributed by atoms with E-state index in [1.165, 1.54) is 6.07 Å². The molecule has 6 heteroatoms. The molecule has 2 rings (SSSR count). The van der Waals surface area contributed by atoms with Crippen LogP contribution in [0, 0.1) is 5.82 Å². The van der Waals surface area contributed by atoms with Crippen LogP contribution in [0.1, 0.15) is 6.42 Å². The first-order valence-corrected chi connectivity index (χ1v) is 7.20. The molecule has 1 saturated heterocycles. The predicted molar refractivity (Wildman–Crippen MR) is 65.0 cm³/mol. The second-order valence-electron chi connectivity index (χ2n) is 4.01. The van der Waals surface area contributed by atoms with E-state index in [-0.39, 0.29) is 11.6 Å². The molecule has 1 aliphatic rings. The number of nitrogens with zero attached hydrogens (tertiary/aromatic N) is 1. The number of hydrogen-bond acceptors (Lipinski definition) is 3. The maximum absolute atomic E-state index is 13.6. The molecule has 0 saturated carbocycles. The molecule has 0 amide bonds. The topological polar surface area (TPSA) is 49.4 Å². The highest BCUT2D eigenvalue weighted by atomic mass is 32.2. The highest BCUT2D eigenvalue weighted by molar-refractivity contribution is 7.89. The fourth-order valence-corrected chi connectivity index (χ4v) is 2.97. The van der Waals surface area contributed by atoms with E-state index < -0.39 is 10.0 Å². The van der Waals surface area contributed by atoms with E-state index in [4.69, 9.17) is 0 Å². The number of nitrogens with one attached hydrogen (secondary N) is 1. The van der Waals surface area contributed by atoms with Crippen molar-refractivity contribution in [3.05, 3.63) is 30.1 Å². The highest BCUT2D eigenvalue weighted by Crippen LogP contribution is 2.19. The van der Waals surface area contributed by atoms with Gasteiger partial charge in [-0.25, -0.2) is 17.5 Å². The van der Waals surface area contributed by atoms with Gasteiger partial charge in [-0.1, -0.05) is 12.1 Å². The molecular weight excluding hydrogens is 243 g/mol. The average Bonchev–Trinajstić information content (AvgIpc) is 2.25. The van der Waals surface area contributed by atoms with Crippen molar-refractivity contribution in [2.45, 2.75) is 6.42 Å². The van der Waals surface area contributed by atoms with Gasteiger partial charge in [-0.15, -0.1) is 0 Å². The molecule has 1 aromatic rings. The molecule has 0 bridgehead atoms. The van der Waals surface area contributed by atoms with E-state index in [9.17, 15) is 12.8 Å². The van der Waals surface area contributed by atoms with Gasteiger partial charge < -0.3 is 4.90 Å². The third-order valence-corrected chi connectivity index (χ3v) is 4.21. The summed E-state index contributed by atoms with van der Waals surface area (Å²) in [7, 11) is -3.13. The van der Waals surface area contributed by atoms with Gasteiger partial charge in [0.15, 0.2) is 0 Å². The molecule has 1 heterocycles. The number of para-hydroxylation sites is 1. The Labute approximate surface area is 100 Å². The van der Waals surface area contributed by atoms with E-state index >= 15 is 0 Å². The number of hydrogen-bond donors (Lipinski definition) is 1. The molecule has 1 N–H and O–H groups in total. The van der Waals surface area contributed by atoms with Crippen LogP contribution in [0.25, 0.3) is 0 Å². The van der Waals surface area contributed by atoms with Crippen LogP contribution in [-0.4, -0.2) is 33.8 Å². The average molecular weight is 258 g/mol. The van der Waals surface area contributed by atoms with Crippen LogP contribution in [0.2, 0.25) is 0 Å². The second-order valence-corrected chi connectivity index (χ2v) is 5.93. The Morgan fingerprint density at radius 2 is 2.00 bits per heavy atom. The zero-order valence-electron chi connectivity index (χ0n) is 9.39. The van der Waals surface area contributed by atoms with Crippen LogP contribution in [-0.2, 0) is 10.0 Å². The number of sulfonamides is 1. The summed E-state index contributed by atoms with van der Waals surface area (Å²) in [5.41, 5.74) is 0.536. The van der Waals surface area contributed by atoms with Crippen molar-refractivity contribution in [1.29, 1.82) is 0 Å². The summed E-state index contributed by atoms with van der Waals surface area (Å²) < 4.78 is 38.7. The summed E-state index contributed by atoms with van der Waals surface area (Å²) in [6, 6.07) is 6.55. The normalized spacial score (nSPS) is 20.6. The van der Waals surface area contributed by atoms with Crippen molar-refractivity contribution in [2.24, 2.45) is 0 Å². The molecule has 0 aromatic heterocycles. The van der Waals surface area contributed by atoms with Crippen molar-refractivity contribution in [3.63, 3.8) is 0 Å². The van der Waals surface area contributed by atoms with Gasteiger partial charge in [0.25, 0.3) is 0 Å². The first-order chi connectivity index (χ1) is 8.08. The quantitative estimate of drug-likeness (QED) is 0.816. The zero-order valence-corrected chi connectivity index (χ0v) is 10.2. The van der Waals surface area contributed by atoms with Crippen molar-refractivity contribution in [2.75, 3.05) is 30.3 Å². The van der Waals surface area contributed by atoms with E-state index in [0.717, 1.165) is 0 Å². The second kappa shape index (κ2) is 5.01. The van der Waals surface area contributed by atoms with Crippen LogP contribution in [0.15, 0.2) is 24.3 Å². The van der Waals surface area contributed by atoms with Crippen LogP contribution in [0.4, 0.5) is 10.1 Å². The fraction of sp³-hybridized carbons (Fsp3) is 0.455. The Bertz CT molecular complexity index is 474. The molecule has 17 heavy (non-hydrogen) atoms. The van der Waals surface area contributed by atoms with Crippen molar-refractivity contribution >= 4 is 15.7 Å². The Morgan fingerprint density at radius 1 is 1.24 bits per heavy atom. The highest BCUT2D eigenvalue weighted by Gasteiger charge is 2.17. The number of anilines is 1. The van der Waals surface area contributed by atoms with E-state index in [0.29, 0.717) is 31.7 Å². The van der Waals surface area contributed by atoms with Crippen LogP contribution >= 0.6 is 0 Å². The van der Waals surface area contributed by atoms with Crippen LogP contribution in [0.3, 0.4) is 0 Å². The van der Waals surface area contributed by atoms with Gasteiger partial charge in [0.1, 0.15) is 5.82 Å². The molecule has 0 unspecified atom stereocenters. The molecule has 94 valence electrons. The lowest BCUT2D eigenvalue weighted by molar-refractivity contribution is 0.567. The molecule has 0 radical (unpaired) electrons. The van der Waals surface area contributed by atoms with Gasteiger partial charge in [0, 0.05) is 19.6 Å². The van der Waals surface area contributed by atoms with Gasteiger partial charge in [0.05, 0.1) is 11.4 Å². The Hall–Kier alpha value is -1.14. The van der Waals surface area contributed by atoms with E-state index in [1.54, 1.807) is 18.2 Å². The molecule has 0 spiro atoms. The largest absolute Gasteiger partial charge is 0.368 e. The Morgan fingerprint density at radius 3 is 2.76 bits per heavy atom. The summed E-state index contributed by atoms with van der Waals surface area (Å²) in [4.78, 5) is 1.87. The smallest absolute Gasteiger partial charge is 0.211 e. The maximum atomic E-state index is 13.6. The lowest BCUT2D eigenvalue weighted by Gasteiger charge is -2.27. The van der Waals surface area contributed by atoms with Gasteiger partial charge in [-0.2, -0.15) is 0 Å². The third kappa shape index (κ3) is 3.17. The predicted octanol–water partition coefficient (Wildman–Crippen LogP) is 0.955. The fourth-order valence-electron chi connectivity index (χ4n) is 1.91. The van der Waals surface area contributed by atoms with E-state index in [1.807, 2.05) is 4.90 Å². The van der Waals surface area contributed by atoms with Gasteiger partial charge >= 0.3 is 0 Å². The minimum absolute atomic E-state index is 0.0952. The number of rotatable bonds is 1. The summed E-state index contributed by atoms with van der Waals surface area (Å²) in [6.07, 6.45) is 0.504. The molecule has 1 fully saturated rings. The molecule has 1 aliphatic heterocycles. The first-order valence-electron chi connectivity index (χ1n) is 5.55. The molecular formula is C11H15FN2O2S. The van der Waals surface area contributed by atoms with Crippen molar-refractivity contribution in [1.82, 2.24) is 4.72 Å². The van der Waals surface area contributed by atoms with Gasteiger partial charge in [0.2, 0.25) is 10.0 Å². The molecule has 1 aromatic carbocycles. The molecule has 0 atom stereocenters. The molecule has 0 aliphatic carbocycles. The first kappa shape index (κ1) is 12.3. The Balaban J connectivity index is 2.11. The van der Waals surface area contributed by atoms with Crippen molar-refractivity contribution < 1.29 is 12.8 Å². The number of benzene rings is 1. The van der Waals surface area contributed by atoms with Crippen molar-refractivity contribution in [3.8, 4) is 0 Å². The molecule has 4 nitrogen and oxygen atoms in total. The van der Waals surface area contributed by atoms with Gasteiger partial charge in [-0.05, 0) is 18.6 Å². The number of halogens is 1. The summed E-state index contributed by atoms with van der Waals surface area (Å²) in [5.74, 6) is -0.172. The lowest BCUT2D eigenvalue weighted by Crippen LogP contribution is -2.40. The van der Waals surface area contributed by atoms with Crippen LogP contribution < -0.4 is 9.62 Å². The van der Waals surface area contributed by atoms with E-state index in [2.05, 4.69) is 4.72 Å². The maximum Gasteiger partial charge on any atom is 0.211 e. The standard InChI is InChI=1S/C11H15FN2O2S/c12-10-4-1-2-5-11(10)14-7-3-9-17(15,16)13-6-8-14/h1-2,4-5,13H,3,6-9H2. The van der Waals surface area contributed by atoms with Crippen LogP contribution in [0.5, 0.6) is 0 Å². The Kier molecular flexibility index (Phi) is 3.63. The lowest BCUT2D eigenvalue weighted by atomic mass is 10.2. The third-order valence-electron chi connectivity index (χ3n) is 2.74. The minimum Gasteiger partial charge on any atom is -0.368 e. The van der Waals surface area contributed by atoms with Gasteiger partial charge in [-0.3, -0.25) is 0 Å². The summed E-state index contributed by atoms with van der Waals surface area (Å²) in [5, 5.41) is 0. The zero-order chi connectivity index (χ0) is 12.3. The minimum atomic E-state index is -3.13.